The second-order valence-corrected chi connectivity index (χ2v) is 16.0. The number of hydrogen-bond acceptors (Lipinski definition) is 9. The van der Waals surface area contributed by atoms with E-state index in [0.717, 1.165) is 51.7 Å². The molecule has 4 rings (SSSR count). The average molecular weight is 697 g/mol. The van der Waals surface area contributed by atoms with E-state index in [0.29, 0.717) is 39.1 Å². The maximum Gasteiger partial charge on any atom is 0.424 e. The molecule has 0 aromatic heterocycles. The predicted molar refractivity (Wildman–Crippen MR) is 185 cm³/mol. The molecule has 1 saturated heterocycles. The van der Waals surface area contributed by atoms with Crippen molar-refractivity contribution >= 4 is 21.8 Å². The Labute approximate surface area is 290 Å². The van der Waals surface area contributed by atoms with E-state index < -0.39 is 37.8 Å². The molecule has 2 aromatic rings. The zero-order valence-corrected chi connectivity index (χ0v) is 30.3. The maximum atomic E-state index is 13.9. The van der Waals surface area contributed by atoms with Crippen LogP contribution < -0.4 is 0 Å². The van der Waals surface area contributed by atoms with Crippen LogP contribution in [0, 0.1) is 33.3 Å². The Morgan fingerprint density at radius 3 is 2.37 bits per heavy atom. The fourth-order valence-corrected chi connectivity index (χ4v) is 7.89. The molecular weight excluding hydrogens is 648 g/mol. The van der Waals surface area contributed by atoms with E-state index in [1.807, 2.05) is 44.2 Å². The van der Waals surface area contributed by atoms with Crippen LogP contribution in [0.25, 0.3) is 0 Å². The first kappa shape index (κ1) is 38.0. The van der Waals surface area contributed by atoms with Crippen LogP contribution in [-0.2, 0) is 35.6 Å². The summed E-state index contributed by atoms with van der Waals surface area (Å²) < 4.78 is 52.5. The normalized spacial score (nSPS) is 22.3. The lowest BCUT2D eigenvalue weighted by Gasteiger charge is -2.44. The van der Waals surface area contributed by atoms with E-state index in [-0.39, 0.29) is 29.1 Å². The Hall–Kier alpha value is -3.76. The van der Waals surface area contributed by atoms with Gasteiger partial charge in [-0.2, -0.15) is 0 Å². The van der Waals surface area contributed by atoms with Crippen molar-refractivity contribution in [1.82, 2.24) is 4.31 Å². The zero-order chi connectivity index (χ0) is 36.0. The fourth-order valence-electron chi connectivity index (χ4n) is 6.56. The predicted octanol–water partition coefficient (Wildman–Crippen LogP) is 7.41. The summed E-state index contributed by atoms with van der Waals surface area (Å²) in [5.74, 6) is 5.67. The van der Waals surface area contributed by atoms with Crippen LogP contribution in [0.3, 0.4) is 0 Å². The molecule has 11 nitrogen and oxygen atoms in total. The molecule has 2 aliphatic rings. The van der Waals surface area contributed by atoms with Crippen LogP contribution in [0.2, 0.25) is 0 Å². The Balaban J connectivity index is 1.65. The number of carbonyl (C=O) groups is 1. The molecule has 3 atom stereocenters. The minimum absolute atomic E-state index is 0.176. The molecule has 0 saturated carbocycles. The summed E-state index contributed by atoms with van der Waals surface area (Å²) in [5, 5.41) is 11.2. The number of nitrogens with zero attached hydrogens (tertiary/aromatic N) is 2. The molecule has 1 aliphatic heterocycles. The monoisotopic (exact) mass is 696 g/mol. The SMILES string of the molecule is CC#C[C@H]1C(C)=C([C@@H]2COC(C)(C)O2)CC[C@]1(CCCN(C(=O)OC(C)(C)C)S(=O)(=O)c1ccc([N+](=O)[O-])cc1)COCc1ccccc1. The number of nitro groups is 1. The number of ether oxygens (including phenoxy) is 4. The van der Waals surface area contributed by atoms with Crippen molar-refractivity contribution in [3.63, 3.8) is 0 Å². The number of amides is 1. The van der Waals surface area contributed by atoms with E-state index in [2.05, 4.69) is 18.8 Å². The number of sulfonamides is 1. The highest BCUT2D eigenvalue weighted by atomic mass is 32.2. The van der Waals surface area contributed by atoms with Crippen molar-refractivity contribution < 1.29 is 37.1 Å². The van der Waals surface area contributed by atoms with E-state index >= 15 is 0 Å². The number of nitro benzene ring substituents is 1. The Morgan fingerprint density at radius 1 is 1.12 bits per heavy atom. The molecule has 1 aliphatic carbocycles. The molecule has 12 heteroatoms. The van der Waals surface area contributed by atoms with Crippen LogP contribution in [0.15, 0.2) is 70.6 Å². The van der Waals surface area contributed by atoms with Gasteiger partial charge in [-0.25, -0.2) is 17.5 Å². The van der Waals surface area contributed by atoms with Crippen molar-refractivity contribution in [2.75, 3.05) is 19.8 Å². The third-order valence-corrected chi connectivity index (χ3v) is 10.7. The zero-order valence-electron chi connectivity index (χ0n) is 29.5. The first-order chi connectivity index (χ1) is 23.0. The van der Waals surface area contributed by atoms with E-state index in [1.165, 1.54) is 0 Å². The average Bonchev–Trinajstić information content (AvgIpc) is 3.39. The first-order valence-electron chi connectivity index (χ1n) is 16.5. The summed E-state index contributed by atoms with van der Waals surface area (Å²) in [4.78, 5) is 23.8. The van der Waals surface area contributed by atoms with Gasteiger partial charge >= 0.3 is 6.09 Å². The summed E-state index contributed by atoms with van der Waals surface area (Å²) in [7, 11) is -4.42. The maximum absolute atomic E-state index is 13.9. The highest BCUT2D eigenvalue weighted by Gasteiger charge is 2.46. The largest absolute Gasteiger partial charge is 0.443 e. The molecule has 1 heterocycles. The lowest BCUT2D eigenvalue weighted by atomic mass is 9.62. The molecule has 0 radical (unpaired) electrons. The van der Waals surface area contributed by atoms with Gasteiger partial charge in [-0.3, -0.25) is 10.1 Å². The second kappa shape index (κ2) is 15.4. The fraction of sp³-hybridized carbons (Fsp3) is 0.541. The summed E-state index contributed by atoms with van der Waals surface area (Å²) in [6.07, 6.45) is 1.01. The van der Waals surface area contributed by atoms with E-state index in [1.54, 1.807) is 27.7 Å². The molecule has 1 amide bonds. The third kappa shape index (κ3) is 9.48. The molecule has 0 bridgehead atoms. The lowest BCUT2D eigenvalue weighted by Crippen LogP contribution is -2.43. The third-order valence-electron chi connectivity index (χ3n) is 8.90. The lowest BCUT2D eigenvalue weighted by molar-refractivity contribution is -0.384. The Kier molecular flexibility index (Phi) is 12.0. The van der Waals surface area contributed by atoms with Crippen LogP contribution in [0.1, 0.15) is 79.7 Å². The number of rotatable bonds is 12. The summed E-state index contributed by atoms with van der Waals surface area (Å²) >= 11 is 0. The molecule has 1 fully saturated rings. The smallest absolute Gasteiger partial charge is 0.424 e. The first-order valence-corrected chi connectivity index (χ1v) is 18.0. The van der Waals surface area contributed by atoms with Gasteiger partial charge in [-0.1, -0.05) is 41.8 Å². The van der Waals surface area contributed by atoms with Gasteiger partial charge in [-0.15, -0.1) is 5.92 Å². The van der Waals surface area contributed by atoms with Gasteiger partial charge in [0, 0.05) is 30.0 Å². The van der Waals surface area contributed by atoms with Crippen LogP contribution in [0.4, 0.5) is 10.5 Å². The second-order valence-electron chi connectivity index (χ2n) is 14.1. The topological polar surface area (TPSA) is 135 Å². The molecule has 0 N–H and O–H groups in total. The van der Waals surface area contributed by atoms with Crippen molar-refractivity contribution in [3.8, 4) is 11.8 Å². The van der Waals surface area contributed by atoms with Crippen molar-refractivity contribution in [1.29, 1.82) is 0 Å². The molecule has 266 valence electrons. The van der Waals surface area contributed by atoms with Gasteiger partial charge in [0.25, 0.3) is 15.7 Å². The van der Waals surface area contributed by atoms with E-state index in [9.17, 15) is 23.3 Å². The highest BCUT2D eigenvalue weighted by molar-refractivity contribution is 7.89. The number of carbonyl (C=O) groups excluding carboxylic acids is 1. The summed E-state index contributed by atoms with van der Waals surface area (Å²) in [6, 6.07) is 14.3. The standard InChI is InChI=1S/C37H48N2O9S/c1-8-13-32-27(2)31(33-25-46-36(6,7)47-33)20-22-37(32,26-45-24-28-14-10-9-11-15-28)21-12-23-38(34(40)48-35(3,4)5)49(43,44)30-18-16-29(17-19-30)39(41)42/h9-11,14-19,32-33H,12,20-26H2,1-7H3/t32-,33-,37+/m0/s1. The van der Waals surface area contributed by atoms with E-state index in [4.69, 9.17) is 18.9 Å². The van der Waals surface area contributed by atoms with Crippen molar-refractivity contribution in [2.24, 2.45) is 11.3 Å². The van der Waals surface area contributed by atoms with Gasteiger partial charge in [0.2, 0.25) is 0 Å². The molecule has 0 unspecified atom stereocenters. The number of benzene rings is 2. The van der Waals surface area contributed by atoms with Crippen LogP contribution in [0.5, 0.6) is 0 Å². The van der Waals surface area contributed by atoms with Gasteiger partial charge in [0.1, 0.15) is 11.7 Å². The van der Waals surface area contributed by atoms with Crippen LogP contribution in [-0.4, -0.2) is 61.0 Å². The Bertz CT molecular complexity index is 1690. The van der Waals surface area contributed by atoms with Gasteiger partial charge in [-0.05, 0) is 97.4 Å². The number of hydrogen-bond donors (Lipinski definition) is 0. The number of non-ortho nitro benzene ring substituents is 1. The quantitative estimate of drug-likeness (QED) is 0.0963. The molecular formula is C37H48N2O9S. The van der Waals surface area contributed by atoms with Gasteiger partial charge in [0.05, 0.1) is 29.6 Å². The van der Waals surface area contributed by atoms with Gasteiger partial charge in [0.15, 0.2) is 5.79 Å². The minimum atomic E-state index is -4.42. The molecule has 0 spiro atoms. The minimum Gasteiger partial charge on any atom is -0.443 e. The Morgan fingerprint density at radius 2 is 1.80 bits per heavy atom. The van der Waals surface area contributed by atoms with Crippen molar-refractivity contribution in [2.45, 2.75) is 103 Å². The van der Waals surface area contributed by atoms with Crippen LogP contribution >= 0.6 is 0 Å². The van der Waals surface area contributed by atoms with Gasteiger partial charge < -0.3 is 18.9 Å². The summed E-state index contributed by atoms with van der Waals surface area (Å²) in [5.41, 5.74) is 1.56. The molecule has 49 heavy (non-hydrogen) atoms. The molecule has 2 aromatic carbocycles. The van der Waals surface area contributed by atoms with Crippen molar-refractivity contribution in [3.05, 3.63) is 81.4 Å². The summed E-state index contributed by atoms with van der Waals surface area (Å²) in [6.45, 7) is 13.7. The number of allylic oxidation sites excluding steroid dienone is 1. The highest BCUT2D eigenvalue weighted by Crippen LogP contribution is 2.49.